The fourth-order valence-corrected chi connectivity index (χ4v) is 6.94. The standard InChI is InChI=1S/C6H15OPS2/c1-6(2,3)8(7,9-4)10-5/h1-5H3. The molecule has 0 bridgehead atoms. The second-order valence-electron chi connectivity index (χ2n) is 3.03. The van der Waals surface area contributed by atoms with Gasteiger partial charge in [0.1, 0.15) is 0 Å². The second kappa shape index (κ2) is 3.55. The predicted octanol–water partition coefficient (Wildman–Crippen LogP) is 3.70. The van der Waals surface area contributed by atoms with E-state index in [0.29, 0.717) is 0 Å². The summed E-state index contributed by atoms with van der Waals surface area (Å²) in [5.74, 6) is 0. The minimum Gasteiger partial charge on any atom is -0.300 e. The Hall–Kier alpha value is 0.930. The first-order valence-corrected chi connectivity index (χ1v) is 8.45. The maximum atomic E-state index is 11.9. The molecule has 4 heteroatoms. The Morgan fingerprint density at radius 3 is 1.40 bits per heavy atom. The summed E-state index contributed by atoms with van der Waals surface area (Å²) in [6, 6.07) is 0. The normalized spacial score (nSPS) is 13.7. The van der Waals surface area contributed by atoms with Crippen LogP contribution < -0.4 is 0 Å². The van der Waals surface area contributed by atoms with Gasteiger partial charge in [-0.1, -0.05) is 43.5 Å². The summed E-state index contributed by atoms with van der Waals surface area (Å²) in [4.78, 5) is 0. The van der Waals surface area contributed by atoms with Gasteiger partial charge in [0, 0.05) is 5.16 Å². The van der Waals surface area contributed by atoms with Crippen LogP contribution in [0, 0.1) is 0 Å². The number of hydrogen-bond acceptors (Lipinski definition) is 3. The fraction of sp³-hybridized carbons (Fsp3) is 1.00. The molecule has 0 aliphatic carbocycles. The van der Waals surface area contributed by atoms with Gasteiger partial charge in [-0.25, -0.2) is 0 Å². The van der Waals surface area contributed by atoms with Gasteiger partial charge in [0.15, 0.2) is 5.55 Å². The SMILES string of the molecule is CSP(=O)(SC)C(C)(C)C. The lowest BCUT2D eigenvalue weighted by molar-refractivity contribution is 0.573. The quantitative estimate of drug-likeness (QED) is 0.630. The fourth-order valence-electron chi connectivity index (χ4n) is 0.622. The van der Waals surface area contributed by atoms with Crippen molar-refractivity contribution in [3.05, 3.63) is 0 Å². The van der Waals surface area contributed by atoms with E-state index in [-0.39, 0.29) is 5.16 Å². The highest BCUT2D eigenvalue weighted by atomic mass is 33.1. The van der Waals surface area contributed by atoms with Crippen LogP contribution in [0.3, 0.4) is 0 Å². The van der Waals surface area contributed by atoms with Gasteiger partial charge >= 0.3 is 0 Å². The van der Waals surface area contributed by atoms with Crippen LogP contribution in [0.5, 0.6) is 0 Å². The smallest absolute Gasteiger partial charge is 0.195 e. The Labute approximate surface area is 71.6 Å². The minimum absolute atomic E-state index is 0.0637. The van der Waals surface area contributed by atoms with E-state index in [0.717, 1.165) is 0 Å². The average molecular weight is 198 g/mol. The van der Waals surface area contributed by atoms with E-state index >= 15 is 0 Å². The van der Waals surface area contributed by atoms with Crippen LogP contribution in [-0.2, 0) is 4.57 Å². The summed E-state index contributed by atoms with van der Waals surface area (Å²) in [5, 5.41) is -0.0637. The molecule has 0 aromatic rings. The first-order chi connectivity index (χ1) is 4.37. The molecule has 0 atom stereocenters. The topological polar surface area (TPSA) is 17.1 Å². The van der Waals surface area contributed by atoms with Crippen LogP contribution in [0.15, 0.2) is 0 Å². The molecular weight excluding hydrogens is 183 g/mol. The summed E-state index contributed by atoms with van der Waals surface area (Å²) in [7, 11) is 0. The molecule has 1 nitrogen and oxygen atoms in total. The highest BCUT2D eigenvalue weighted by molar-refractivity contribution is 8.90. The molecule has 0 rings (SSSR count). The lowest BCUT2D eigenvalue weighted by Gasteiger charge is -2.27. The summed E-state index contributed by atoms with van der Waals surface area (Å²) < 4.78 is 11.9. The summed E-state index contributed by atoms with van der Waals surface area (Å²) in [6.45, 7) is 6.09. The van der Waals surface area contributed by atoms with Gasteiger partial charge in [-0.15, -0.1) is 0 Å². The van der Waals surface area contributed by atoms with Gasteiger partial charge in [0.25, 0.3) is 0 Å². The van der Waals surface area contributed by atoms with Crippen molar-refractivity contribution in [2.24, 2.45) is 0 Å². The van der Waals surface area contributed by atoms with Crippen molar-refractivity contribution in [1.29, 1.82) is 0 Å². The molecule has 0 heterocycles. The number of rotatable bonds is 2. The molecule has 0 aromatic heterocycles. The van der Waals surface area contributed by atoms with Crippen molar-refractivity contribution in [3.63, 3.8) is 0 Å². The highest BCUT2D eigenvalue weighted by Gasteiger charge is 2.34. The molecule has 0 unspecified atom stereocenters. The Morgan fingerprint density at radius 2 is 1.40 bits per heavy atom. The van der Waals surface area contributed by atoms with Crippen LogP contribution in [0.1, 0.15) is 20.8 Å². The Morgan fingerprint density at radius 1 is 1.10 bits per heavy atom. The molecule has 0 aliphatic rings. The van der Waals surface area contributed by atoms with Gasteiger partial charge < -0.3 is 0 Å². The molecule has 0 aliphatic heterocycles. The van der Waals surface area contributed by atoms with Gasteiger partial charge in [0.05, 0.1) is 0 Å². The maximum Gasteiger partial charge on any atom is 0.195 e. The molecule has 0 amide bonds. The molecule has 0 saturated carbocycles. The van der Waals surface area contributed by atoms with Crippen LogP contribution in [-0.4, -0.2) is 17.7 Å². The van der Waals surface area contributed by atoms with Crippen molar-refractivity contribution in [1.82, 2.24) is 0 Å². The Kier molecular flexibility index (Phi) is 3.88. The minimum atomic E-state index is -2.03. The summed E-state index contributed by atoms with van der Waals surface area (Å²) in [5.41, 5.74) is -2.03. The van der Waals surface area contributed by atoms with Crippen LogP contribution in [0.25, 0.3) is 0 Å². The van der Waals surface area contributed by atoms with Crippen molar-refractivity contribution in [2.45, 2.75) is 25.9 Å². The lowest BCUT2D eigenvalue weighted by Crippen LogP contribution is -2.10. The zero-order valence-electron chi connectivity index (χ0n) is 7.17. The van der Waals surface area contributed by atoms with Gasteiger partial charge in [-0.3, -0.25) is 4.57 Å². The van der Waals surface area contributed by atoms with Crippen molar-refractivity contribution in [3.8, 4) is 0 Å². The monoisotopic (exact) mass is 198 g/mol. The second-order valence-corrected chi connectivity index (χ2v) is 12.1. The predicted molar refractivity (Wildman–Crippen MR) is 54.4 cm³/mol. The first-order valence-electron chi connectivity index (χ1n) is 3.09. The number of hydrogen-bond donors (Lipinski definition) is 0. The Balaban J connectivity index is 4.51. The van der Waals surface area contributed by atoms with Crippen LogP contribution in [0.4, 0.5) is 0 Å². The van der Waals surface area contributed by atoms with E-state index in [2.05, 4.69) is 0 Å². The van der Waals surface area contributed by atoms with Crippen molar-refractivity contribution < 1.29 is 4.57 Å². The molecule has 10 heavy (non-hydrogen) atoms. The molecule has 62 valence electrons. The summed E-state index contributed by atoms with van der Waals surface area (Å²) in [6.07, 6.45) is 3.84. The van der Waals surface area contributed by atoms with Crippen molar-refractivity contribution >= 4 is 28.3 Å². The Bertz CT molecular complexity index is 142. The zero-order chi connectivity index (χ0) is 8.41. The van der Waals surface area contributed by atoms with Crippen molar-refractivity contribution in [2.75, 3.05) is 12.5 Å². The van der Waals surface area contributed by atoms with Gasteiger partial charge in [-0.05, 0) is 12.5 Å². The van der Waals surface area contributed by atoms with E-state index in [1.807, 2.05) is 33.3 Å². The average Bonchev–Trinajstić information content (AvgIpc) is 1.84. The lowest BCUT2D eigenvalue weighted by atomic mass is 10.3. The largest absolute Gasteiger partial charge is 0.300 e. The molecule has 0 saturated heterocycles. The van der Waals surface area contributed by atoms with E-state index in [4.69, 9.17) is 0 Å². The maximum absolute atomic E-state index is 11.9. The van der Waals surface area contributed by atoms with Gasteiger partial charge in [-0.2, -0.15) is 0 Å². The van der Waals surface area contributed by atoms with E-state index in [1.165, 1.54) is 22.8 Å². The highest BCUT2D eigenvalue weighted by Crippen LogP contribution is 2.74. The molecule has 0 fully saturated rings. The van der Waals surface area contributed by atoms with E-state index < -0.39 is 5.55 Å². The molecule has 0 aromatic carbocycles. The van der Waals surface area contributed by atoms with E-state index in [1.54, 1.807) is 0 Å². The molecule has 0 radical (unpaired) electrons. The van der Waals surface area contributed by atoms with Crippen LogP contribution in [0.2, 0.25) is 0 Å². The molecular formula is C6H15OPS2. The summed E-state index contributed by atoms with van der Waals surface area (Å²) >= 11 is 3.00. The third-order valence-corrected chi connectivity index (χ3v) is 12.8. The third-order valence-electron chi connectivity index (χ3n) is 1.30. The zero-order valence-corrected chi connectivity index (χ0v) is 9.70. The van der Waals surface area contributed by atoms with Crippen LogP contribution >= 0.6 is 28.3 Å². The third kappa shape index (κ3) is 2.21. The first kappa shape index (κ1) is 10.9. The molecule has 0 N–H and O–H groups in total. The van der Waals surface area contributed by atoms with Gasteiger partial charge in [0.2, 0.25) is 0 Å². The molecule has 0 spiro atoms. The van der Waals surface area contributed by atoms with E-state index in [9.17, 15) is 4.57 Å².